The molecule has 28 heavy (non-hydrogen) atoms. The van der Waals surface area contributed by atoms with Crippen molar-refractivity contribution in [2.75, 3.05) is 6.54 Å². The van der Waals surface area contributed by atoms with Crippen LogP contribution in [0.25, 0.3) is 11.4 Å². The Balaban J connectivity index is 1.31. The number of pyridine rings is 1. The van der Waals surface area contributed by atoms with Crippen molar-refractivity contribution in [2.24, 2.45) is 0 Å². The standard InChI is InChI=1S/C17H16N8O2S/c26-15(8-14(13-4-7-28-10-13)25-11-20-23-24-25)19-6-3-16-21-17(22-27-16)12-2-1-5-18-9-12/h1-2,4-5,7,9-11,14H,3,6,8H2,(H,19,26)/t14-/m0/s1. The number of hydrogen-bond donors (Lipinski definition) is 1. The highest BCUT2D eigenvalue weighted by Crippen LogP contribution is 2.23. The van der Waals surface area contributed by atoms with E-state index in [0.717, 1.165) is 11.1 Å². The Kier molecular flexibility index (Phi) is 5.43. The zero-order valence-corrected chi connectivity index (χ0v) is 15.5. The van der Waals surface area contributed by atoms with E-state index in [9.17, 15) is 4.79 Å². The fraction of sp³-hybridized carbons (Fsp3) is 0.235. The van der Waals surface area contributed by atoms with Crippen molar-refractivity contribution in [3.05, 3.63) is 59.1 Å². The van der Waals surface area contributed by atoms with Crippen LogP contribution in [0.3, 0.4) is 0 Å². The Hall–Kier alpha value is -3.47. The van der Waals surface area contributed by atoms with Gasteiger partial charge in [-0.3, -0.25) is 9.78 Å². The molecule has 0 fully saturated rings. The Morgan fingerprint density at radius 1 is 1.36 bits per heavy atom. The molecule has 1 N–H and O–H groups in total. The summed E-state index contributed by atoms with van der Waals surface area (Å²) in [5, 5.41) is 22.0. The first kappa shape index (κ1) is 17.9. The lowest BCUT2D eigenvalue weighted by Crippen LogP contribution is -2.29. The molecule has 1 atom stereocenters. The lowest BCUT2D eigenvalue weighted by atomic mass is 10.1. The number of nitrogens with one attached hydrogen (secondary N) is 1. The summed E-state index contributed by atoms with van der Waals surface area (Å²) in [6, 6.07) is 5.37. The molecule has 0 aromatic carbocycles. The van der Waals surface area contributed by atoms with Crippen LogP contribution in [0.5, 0.6) is 0 Å². The molecule has 0 spiro atoms. The number of carbonyl (C=O) groups is 1. The molecular formula is C17H16N8O2S. The maximum Gasteiger partial charge on any atom is 0.228 e. The van der Waals surface area contributed by atoms with Gasteiger partial charge in [-0.25, -0.2) is 4.68 Å². The predicted molar refractivity (Wildman–Crippen MR) is 99.1 cm³/mol. The van der Waals surface area contributed by atoms with E-state index in [1.54, 1.807) is 34.5 Å². The molecule has 4 rings (SSSR count). The van der Waals surface area contributed by atoms with Crippen LogP contribution in [0, 0.1) is 0 Å². The van der Waals surface area contributed by atoms with Crippen LogP contribution in [-0.4, -0.2) is 47.8 Å². The summed E-state index contributed by atoms with van der Waals surface area (Å²) >= 11 is 1.56. The van der Waals surface area contributed by atoms with Crippen molar-refractivity contribution in [2.45, 2.75) is 18.9 Å². The molecule has 4 aromatic heterocycles. The number of rotatable bonds is 8. The molecule has 10 nitrogen and oxygen atoms in total. The number of thiophene rings is 1. The van der Waals surface area contributed by atoms with Crippen molar-refractivity contribution < 1.29 is 9.32 Å². The first-order chi connectivity index (χ1) is 13.8. The SMILES string of the molecule is O=C(C[C@@H](c1ccsc1)n1cnnn1)NCCc1nc(-c2cccnc2)no1. The first-order valence-corrected chi connectivity index (χ1v) is 9.48. The molecule has 0 saturated carbocycles. The number of tetrazole rings is 1. The summed E-state index contributed by atoms with van der Waals surface area (Å²) in [7, 11) is 0. The van der Waals surface area contributed by atoms with Gasteiger partial charge in [-0.05, 0) is 44.9 Å². The quantitative estimate of drug-likeness (QED) is 0.475. The second-order valence-corrected chi connectivity index (χ2v) is 6.70. The van der Waals surface area contributed by atoms with Gasteiger partial charge in [0.15, 0.2) is 0 Å². The Labute approximate surface area is 163 Å². The van der Waals surface area contributed by atoms with E-state index in [2.05, 4.69) is 36.0 Å². The number of aromatic nitrogens is 7. The normalized spacial score (nSPS) is 12.0. The van der Waals surface area contributed by atoms with Crippen molar-refractivity contribution in [3.63, 3.8) is 0 Å². The van der Waals surface area contributed by atoms with Crippen molar-refractivity contribution in [1.29, 1.82) is 0 Å². The third kappa shape index (κ3) is 4.26. The van der Waals surface area contributed by atoms with E-state index in [1.807, 2.05) is 22.9 Å². The molecule has 11 heteroatoms. The largest absolute Gasteiger partial charge is 0.356 e. The summed E-state index contributed by atoms with van der Waals surface area (Å²) in [4.78, 5) is 20.7. The molecule has 142 valence electrons. The van der Waals surface area contributed by atoms with E-state index in [-0.39, 0.29) is 18.4 Å². The number of nitrogens with zero attached hydrogens (tertiary/aromatic N) is 7. The van der Waals surface area contributed by atoms with Gasteiger partial charge in [-0.1, -0.05) is 5.16 Å². The summed E-state index contributed by atoms with van der Waals surface area (Å²) in [5.41, 5.74) is 1.77. The van der Waals surface area contributed by atoms with Gasteiger partial charge in [0, 0.05) is 30.9 Å². The van der Waals surface area contributed by atoms with Gasteiger partial charge in [0.1, 0.15) is 6.33 Å². The van der Waals surface area contributed by atoms with Crippen molar-refractivity contribution in [3.8, 4) is 11.4 Å². The van der Waals surface area contributed by atoms with Crippen LogP contribution in [0.1, 0.15) is 23.9 Å². The molecule has 0 aliphatic heterocycles. The lowest BCUT2D eigenvalue weighted by Gasteiger charge is -2.14. The molecule has 4 aromatic rings. The maximum absolute atomic E-state index is 12.4. The molecular weight excluding hydrogens is 380 g/mol. The van der Waals surface area contributed by atoms with Gasteiger partial charge in [0.2, 0.25) is 17.6 Å². The minimum absolute atomic E-state index is 0.112. The monoisotopic (exact) mass is 396 g/mol. The highest BCUT2D eigenvalue weighted by Gasteiger charge is 2.19. The molecule has 0 bridgehead atoms. The highest BCUT2D eigenvalue weighted by molar-refractivity contribution is 7.08. The topological polar surface area (TPSA) is 125 Å². The molecule has 0 aliphatic carbocycles. The van der Waals surface area contributed by atoms with Gasteiger partial charge in [-0.2, -0.15) is 16.3 Å². The van der Waals surface area contributed by atoms with Crippen LogP contribution < -0.4 is 5.32 Å². The lowest BCUT2D eigenvalue weighted by molar-refractivity contribution is -0.121. The summed E-state index contributed by atoms with van der Waals surface area (Å²) in [6.45, 7) is 0.388. The molecule has 4 heterocycles. The van der Waals surface area contributed by atoms with Gasteiger partial charge >= 0.3 is 0 Å². The number of carbonyl (C=O) groups excluding carboxylic acids is 1. The van der Waals surface area contributed by atoms with Crippen molar-refractivity contribution in [1.82, 2.24) is 40.6 Å². The fourth-order valence-electron chi connectivity index (χ4n) is 2.67. The summed E-state index contributed by atoms with van der Waals surface area (Å²) in [5.74, 6) is 0.818. The van der Waals surface area contributed by atoms with Crippen LogP contribution in [0.15, 0.2) is 52.2 Å². The van der Waals surface area contributed by atoms with E-state index >= 15 is 0 Å². The molecule has 0 aliphatic rings. The first-order valence-electron chi connectivity index (χ1n) is 8.54. The Morgan fingerprint density at radius 2 is 2.32 bits per heavy atom. The van der Waals surface area contributed by atoms with Crippen LogP contribution in [0.4, 0.5) is 0 Å². The average molecular weight is 396 g/mol. The zero-order chi connectivity index (χ0) is 19.2. The minimum Gasteiger partial charge on any atom is -0.356 e. The summed E-state index contributed by atoms with van der Waals surface area (Å²) < 4.78 is 6.81. The Bertz CT molecular complexity index is 967. The van der Waals surface area contributed by atoms with Crippen LogP contribution >= 0.6 is 11.3 Å². The molecule has 1 amide bonds. The van der Waals surface area contributed by atoms with Gasteiger partial charge < -0.3 is 9.84 Å². The van der Waals surface area contributed by atoms with Gasteiger partial charge in [-0.15, -0.1) is 5.10 Å². The smallest absolute Gasteiger partial charge is 0.228 e. The maximum atomic E-state index is 12.4. The highest BCUT2D eigenvalue weighted by atomic mass is 32.1. The fourth-order valence-corrected chi connectivity index (χ4v) is 3.37. The van der Waals surface area contributed by atoms with Gasteiger partial charge in [0.25, 0.3) is 0 Å². The predicted octanol–water partition coefficient (Wildman–Crippen LogP) is 1.52. The molecule has 0 saturated heterocycles. The summed E-state index contributed by atoms with van der Waals surface area (Å²) in [6.07, 6.45) is 5.52. The number of amides is 1. The van der Waals surface area contributed by atoms with Crippen LogP contribution in [0.2, 0.25) is 0 Å². The number of hydrogen-bond acceptors (Lipinski definition) is 9. The average Bonchev–Trinajstić information content (AvgIpc) is 3.49. The van der Waals surface area contributed by atoms with E-state index in [1.165, 1.54) is 6.33 Å². The third-order valence-electron chi connectivity index (χ3n) is 4.04. The Morgan fingerprint density at radius 3 is 3.07 bits per heavy atom. The molecule has 0 unspecified atom stereocenters. The van der Waals surface area contributed by atoms with Gasteiger partial charge in [0.05, 0.1) is 12.5 Å². The second-order valence-electron chi connectivity index (χ2n) is 5.92. The second kappa shape index (κ2) is 8.48. The van der Waals surface area contributed by atoms with E-state index in [4.69, 9.17) is 4.52 Å². The molecule has 0 radical (unpaired) electrons. The zero-order valence-electron chi connectivity index (χ0n) is 14.7. The van der Waals surface area contributed by atoms with E-state index in [0.29, 0.717) is 24.7 Å². The van der Waals surface area contributed by atoms with E-state index < -0.39 is 0 Å². The minimum atomic E-state index is -0.248. The van der Waals surface area contributed by atoms with Crippen LogP contribution in [-0.2, 0) is 11.2 Å². The third-order valence-corrected chi connectivity index (χ3v) is 4.74. The van der Waals surface area contributed by atoms with Crippen molar-refractivity contribution >= 4 is 17.2 Å².